The number of ketones is 1. The normalized spacial score (nSPS) is 17.4. The third kappa shape index (κ3) is 10.7. The fourth-order valence-corrected chi connectivity index (χ4v) is 7.63. The van der Waals surface area contributed by atoms with Crippen molar-refractivity contribution >= 4 is 57.9 Å². The van der Waals surface area contributed by atoms with E-state index in [0.29, 0.717) is 63.4 Å². The molecule has 15 nitrogen and oxygen atoms in total. The number of benzene rings is 4. The molecule has 0 aliphatic carbocycles. The summed E-state index contributed by atoms with van der Waals surface area (Å²) < 4.78 is 6.16. The average Bonchev–Trinajstić information content (AvgIpc) is 3.69. The summed E-state index contributed by atoms with van der Waals surface area (Å²) in [6.07, 6.45) is 1.19. The molecule has 5 atom stereocenters. The molecule has 1 aliphatic heterocycles. The molecule has 5 unspecified atom stereocenters. The number of phenolic OH excluding ortho intramolecular Hbond substituents is 1. The number of nitrogens with two attached hydrogens (primary N) is 2. The van der Waals surface area contributed by atoms with Crippen LogP contribution in [-0.4, -0.2) is 83.1 Å². The lowest BCUT2D eigenvalue weighted by molar-refractivity contribution is -0.141. The van der Waals surface area contributed by atoms with Crippen LogP contribution in [0.3, 0.4) is 0 Å². The predicted octanol–water partition coefficient (Wildman–Crippen LogP) is 4.65. The number of nitrogens with zero attached hydrogens (tertiary/aromatic N) is 1. The van der Waals surface area contributed by atoms with Crippen molar-refractivity contribution in [2.24, 2.45) is 11.5 Å². The zero-order valence-corrected chi connectivity index (χ0v) is 36.3. The van der Waals surface area contributed by atoms with Gasteiger partial charge < -0.3 is 47.2 Å². The molecular formula is C47H52ClN7O8. The Bertz CT molecular complexity index is 2520. The summed E-state index contributed by atoms with van der Waals surface area (Å²) in [4.78, 5) is 83.9. The number of likely N-dealkylation sites (N-methyl/N-ethyl adjacent to an activating group) is 1. The first kappa shape index (κ1) is 46.0. The maximum Gasteiger partial charge on any atom is 0.251 e. The first-order valence-electron chi connectivity index (χ1n) is 20.7. The van der Waals surface area contributed by atoms with E-state index in [4.69, 9.17) is 27.5 Å². The number of hydrogen-bond donors (Lipinski definition) is 7. The Balaban J connectivity index is 1.41. The van der Waals surface area contributed by atoms with Crippen LogP contribution in [-0.2, 0) is 36.9 Å². The lowest BCUT2D eigenvalue weighted by Crippen LogP contribution is -2.56. The van der Waals surface area contributed by atoms with Gasteiger partial charge in [0.2, 0.25) is 23.6 Å². The van der Waals surface area contributed by atoms with Crippen molar-refractivity contribution in [2.45, 2.75) is 83.2 Å². The molecule has 4 bridgehead atoms. The van der Waals surface area contributed by atoms with Gasteiger partial charge in [-0.05, 0) is 123 Å². The molecule has 2 heterocycles. The summed E-state index contributed by atoms with van der Waals surface area (Å²) in [7, 11) is 1.43. The Morgan fingerprint density at radius 2 is 1.57 bits per heavy atom. The van der Waals surface area contributed by atoms with E-state index in [9.17, 15) is 33.9 Å². The van der Waals surface area contributed by atoms with E-state index in [1.165, 1.54) is 38.8 Å². The summed E-state index contributed by atoms with van der Waals surface area (Å²) in [5.41, 5.74) is 15.7. The van der Waals surface area contributed by atoms with Crippen LogP contribution in [0.2, 0.25) is 5.02 Å². The van der Waals surface area contributed by atoms with E-state index in [0.717, 1.165) is 11.1 Å². The van der Waals surface area contributed by atoms with E-state index < -0.39 is 59.7 Å². The van der Waals surface area contributed by atoms with Gasteiger partial charge in [0.05, 0.1) is 12.6 Å². The zero-order valence-electron chi connectivity index (χ0n) is 35.5. The minimum Gasteiger partial charge on any atom is -0.507 e. The largest absolute Gasteiger partial charge is 0.507 e. The number of aromatic hydroxyl groups is 1. The molecule has 0 spiro atoms. The number of carbonyl (C=O) groups is 6. The maximum atomic E-state index is 14.8. The molecule has 9 N–H and O–H groups in total. The summed E-state index contributed by atoms with van der Waals surface area (Å²) in [6, 6.07) is 18.1. The van der Waals surface area contributed by atoms with Gasteiger partial charge in [-0.2, -0.15) is 0 Å². The Hall–Kier alpha value is -6.55. The number of unbranched alkanes of at least 4 members (excludes halogenated alkanes) is 1. The molecule has 5 amide bonds. The van der Waals surface area contributed by atoms with Gasteiger partial charge in [0, 0.05) is 40.6 Å². The fourth-order valence-electron chi connectivity index (χ4n) is 7.50. The molecule has 1 aromatic heterocycles. The van der Waals surface area contributed by atoms with Crippen LogP contribution in [0, 0.1) is 0 Å². The van der Waals surface area contributed by atoms with Gasteiger partial charge in [0.1, 0.15) is 41.3 Å². The summed E-state index contributed by atoms with van der Waals surface area (Å²) >= 11 is 6.06. The molecule has 5 aromatic rings. The highest BCUT2D eigenvalue weighted by molar-refractivity contribution is 6.30. The SMILES string of the molecule is CC(=O)C(C)NC(=O)C1Cc2ccc(O)c(c2)-c2cc(cc3cc(CN)oc23)C(N(C)C(=O)C(CCCCN)NC(=O)c2ccc(-c3ccc(Cl)cc3)cc2)C(=O)NC(C)C(=O)N1. The quantitative estimate of drug-likeness (QED) is 0.0809. The average molecular weight is 878 g/mol. The van der Waals surface area contributed by atoms with Gasteiger partial charge in [-0.15, -0.1) is 0 Å². The first-order chi connectivity index (χ1) is 30.1. The number of halogens is 1. The lowest BCUT2D eigenvalue weighted by atomic mass is 9.92. The van der Waals surface area contributed by atoms with Crippen molar-refractivity contribution in [3.8, 4) is 28.0 Å². The zero-order chi connectivity index (χ0) is 45.5. The minimum absolute atomic E-state index is 0.0343. The molecule has 0 fully saturated rings. The van der Waals surface area contributed by atoms with Crippen molar-refractivity contribution in [1.82, 2.24) is 26.2 Å². The van der Waals surface area contributed by atoms with Crippen LogP contribution in [0.4, 0.5) is 0 Å². The van der Waals surface area contributed by atoms with Gasteiger partial charge in [-0.25, -0.2) is 0 Å². The Kier molecular flexibility index (Phi) is 14.7. The van der Waals surface area contributed by atoms with Gasteiger partial charge in [-0.3, -0.25) is 28.8 Å². The number of amides is 5. The number of carbonyl (C=O) groups excluding carboxylic acids is 6. The molecule has 4 aromatic carbocycles. The first-order valence-corrected chi connectivity index (χ1v) is 21.1. The minimum atomic E-state index is -1.41. The van der Waals surface area contributed by atoms with Crippen molar-refractivity contribution in [3.63, 3.8) is 0 Å². The monoisotopic (exact) mass is 877 g/mol. The predicted molar refractivity (Wildman–Crippen MR) is 239 cm³/mol. The Morgan fingerprint density at radius 1 is 0.889 bits per heavy atom. The van der Waals surface area contributed by atoms with E-state index in [1.807, 2.05) is 12.1 Å². The van der Waals surface area contributed by atoms with Crippen LogP contribution in [0.1, 0.15) is 73.3 Å². The number of phenols is 1. The van der Waals surface area contributed by atoms with Gasteiger partial charge in [0.25, 0.3) is 5.91 Å². The molecule has 63 heavy (non-hydrogen) atoms. The highest BCUT2D eigenvalue weighted by atomic mass is 35.5. The second-order valence-corrected chi connectivity index (χ2v) is 16.3. The number of nitrogens with one attached hydrogen (secondary N) is 4. The lowest BCUT2D eigenvalue weighted by Gasteiger charge is -2.32. The van der Waals surface area contributed by atoms with Gasteiger partial charge >= 0.3 is 0 Å². The smallest absolute Gasteiger partial charge is 0.251 e. The van der Waals surface area contributed by atoms with Crippen LogP contribution >= 0.6 is 11.6 Å². The highest BCUT2D eigenvalue weighted by Crippen LogP contribution is 2.40. The second-order valence-electron chi connectivity index (χ2n) is 15.8. The number of furan rings is 1. The standard InChI is InChI=1S/C47H52ClN7O8/c1-25(27(3)56)51-45(60)39-20-28-8-17-40(57)36(19-28)37-23-32(21-33-22-35(24-50)63-42(33)37)41(46(61)52-26(2)43(58)54-39)55(4)47(62)38(7-5-6-18-49)53-44(59)31-11-9-29(10-12-31)30-13-15-34(48)16-14-30/h8-17,19,21-23,25-26,38-39,41,57H,5-7,18,20,24,49-50H2,1-4H3,(H,51,60)(H,52,61)(H,53,59)(H,54,58). The van der Waals surface area contributed by atoms with Crippen LogP contribution in [0.25, 0.3) is 33.2 Å². The second kappa shape index (κ2) is 20.1. The topological polar surface area (TPSA) is 239 Å². The Morgan fingerprint density at radius 3 is 2.22 bits per heavy atom. The molecule has 330 valence electrons. The van der Waals surface area contributed by atoms with E-state index in [1.54, 1.807) is 66.7 Å². The third-order valence-corrected chi connectivity index (χ3v) is 11.5. The molecular weight excluding hydrogens is 826 g/mol. The number of fused-ring (bicyclic) bond motifs is 7. The van der Waals surface area contributed by atoms with Crippen LogP contribution in [0.15, 0.2) is 89.3 Å². The summed E-state index contributed by atoms with van der Waals surface area (Å²) in [6.45, 7) is 4.68. The van der Waals surface area contributed by atoms with Crippen molar-refractivity contribution in [2.75, 3.05) is 13.6 Å². The molecule has 0 saturated carbocycles. The van der Waals surface area contributed by atoms with E-state index in [-0.39, 0.29) is 36.5 Å². The van der Waals surface area contributed by atoms with Crippen molar-refractivity contribution in [3.05, 3.63) is 112 Å². The number of Topliss-reactive ketones (excluding diaryl/α,β-unsaturated/α-hetero) is 1. The molecule has 6 rings (SSSR count). The summed E-state index contributed by atoms with van der Waals surface area (Å²) in [5.74, 6) is -3.27. The summed E-state index contributed by atoms with van der Waals surface area (Å²) in [5, 5.41) is 23.4. The number of rotatable bonds is 13. The third-order valence-electron chi connectivity index (χ3n) is 11.2. The fraction of sp³-hybridized carbons (Fsp3) is 0.319. The van der Waals surface area contributed by atoms with E-state index in [2.05, 4.69) is 21.3 Å². The molecule has 0 radical (unpaired) electrons. The van der Waals surface area contributed by atoms with Crippen LogP contribution < -0.4 is 32.7 Å². The van der Waals surface area contributed by atoms with Gasteiger partial charge in [-0.1, -0.05) is 41.9 Å². The van der Waals surface area contributed by atoms with Crippen molar-refractivity contribution < 1.29 is 38.3 Å². The van der Waals surface area contributed by atoms with E-state index >= 15 is 0 Å². The molecule has 1 aliphatic rings. The van der Waals surface area contributed by atoms with Crippen LogP contribution in [0.5, 0.6) is 5.75 Å². The maximum absolute atomic E-state index is 14.8. The molecule has 16 heteroatoms. The highest BCUT2D eigenvalue weighted by Gasteiger charge is 2.36. The van der Waals surface area contributed by atoms with Crippen molar-refractivity contribution in [1.29, 1.82) is 0 Å². The number of hydrogen-bond acceptors (Lipinski definition) is 10. The van der Waals surface area contributed by atoms with Gasteiger partial charge in [0.15, 0.2) is 5.78 Å². The Labute approximate surface area is 369 Å². The molecule has 0 saturated heterocycles.